The summed E-state index contributed by atoms with van der Waals surface area (Å²) in [5.74, 6) is 0.890. The Bertz CT molecular complexity index is 374. The summed E-state index contributed by atoms with van der Waals surface area (Å²) >= 11 is 0. The number of aliphatic hydroxyl groups is 1. The Morgan fingerprint density at radius 2 is 2.24 bits per heavy atom. The average Bonchev–Trinajstić information content (AvgIpc) is 2.85. The van der Waals surface area contributed by atoms with Gasteiger partial charge in [0.2, 0.25) is 0 Å². The van der Waals surface area contributed by atoms with Crippen LogP contribution in [0, 0.1) is 5.92 Å². The zero-order valence-electron chi connectivity index (χ0n) is 10.0. The van der Waals surface area contributed by atoms with Gasteiger partial charge >= 0.3 is 0 Å². The Hall–Kier alpha value is -0.940. The Morgan fingerprint density at radius 3 is 2.94 bits per heavy atom. The third-order valence-electron chi connectivity index (χ3n) is 3.78. The number of nitrogens with zero attached hydrogens (tertiary/aromatic N) is 3. The molecule has 2 fully saturated rings. The van der Waals surface area contributed by atoms with Crippen LogP contribution < -0.4 is 5.32 Å². The van der Waals surface area contributed by atoms with E-state index in [9.17, 15) is 5.11 Å². The van der Waals surface area contributed by atoms with Crippen LogP contribution in [0.3, 0.4) is 0 Å². The van der Waals surface area contributed by atoms with E-state index in [0.717, 1.165) is 44.0 Å². The van der Waals surface area contributed by atoms with Gasteiger partial charge in [-0.1, -0.05) is 5.21 Å². The molecule has 0 aliphatic heterocycles. The summed E-state index contributed by atoms with van der Waals surface area (Å²) in [6.45, 7) is 1.89. The molecule has 1 heterocycles. The van der Waals surface area contributed by atoms with Gasteiger partial charge < -0.3 is 10.4 Å². The largest absolute Gasteiger partial charge is 0.391 e. The van der Waals surface area contributed by atoms with Crippen LogP contribution in [-0.4, -0.2) is 32.7 Å². The van der Waals surface area contributed by atoms with Crippen molar-refractivity contribution in [2.24, 2.45) is 5.92 Å². The van der Waals surface area contributed by atoms with Crippen LogP contribution in [0.5, 0.6) is 0 Å². The Labute approximate surface area is 101 Å². The predicted molar refractivity (Wildman–Crippen MR) is 63.3 cm³/mol. The fraction of sp³-hybridized carbons (Fsp3) is 0.833. The van der Waals surface area contributed by atoms with Gasteiger partial charge in [0.1, 0.15) is 0 Å². The lowest BCUT2D eigenvalue weighted by Crippen LogP contribution is -2.19. The summed E-state index contributed by atoms with van der Waals surface area (Å²) in [6.07, 6.45) is 7.45. The van der Waals surface area contributed by atoms with Gasteiger partial charge in [-0.3, -0.25) is 0 Å². The molecular formula is C12H20N4O. The van der Waals surface area contributed by atoms with E-state index >= 15 is 0 Å². The first kappa shape index (κ1) is 11.2. The van der Waals surface area contributed by atoms with E-state index in [0.29, 0.717) is 0 Å². The summed E-state index contributed by atoms with van der Waals surface area (Å²) in [6, 6.07) is 0.139. The zero-order valence-corrected chi connectivity index (χ0v) is 10.0. The average molecular weight is 236 g/mol. The highest BCUT2D eigenvalue weighted by atomic mass is 16.3. The maximum atomic E-state index is 9.80. The lowest BCUT2D eigenvalue weighted by molar-refractivity contribution is 0.129. The van der Waals surface area contributed by atoms with Crippen LogP contribution in [0.2, 0.25) is 0 Å². The lowest BCUT2D eigenvalue weighted by atomic mass is 10.2. The third-order valence-corrected chi connectivity index (χ3v) is 3.78. The molecule has 0 spiro atoms. The van der Waals surface area contributed by atoms with Gasteiger partial charge in [-0.15, -0.1) is 5.10 Å². The highest BCUT2D eigenvalue weighted by Crippen LogP contribution is 2.29. The highest BCUT2D eigenvalue weighted by Gasteiger charge is 2.27. The van der Waals surface area contributed by atoms with Crippen molar-refractivity contribution in [3.05, 3.63) is 11.9 Å². The van der Waals surface area contributed by atoms with Crippen molar-refractivity contribution in [3.8, 4) is 0 Å². The van der Waals surface area contributed by atoms with Crippen LogP contribution in [0.1, 0.15) is 43.8 Å². The van der Waals surface area contributed by atoms with Crippen molar-refractivity contribution in [2.75, 3.05) is 6.54 Å². The van der Waals surface area contributed by atoms with E-state index in [-0.39, 0.29) is 12.1 Å². The molecule has 2 unspecified atom stereocenters. The Morgan fingerprint density at radius 1 is 1.35 bits per heavy atom. The molecule has 0 amide bonds. The first-order chi connectivity index (χ1) is 8.33. The van der Waals surface area contributed by atoms with Gasteiger partial charge in [0.05, 0.1) is 24.0 Å². The second-order valence-electron chi connectivity index (χ2n) is 5.33. The molecule has 5 nitrogen and oxygen atoms in total. The Kier molecular flexibility index (Phi) is 3.11. The minimum atomic E-state index is -0.246. The molecule has 94 valence electrons. The van der Waals surface area contributed by atoms with Crippen LogP contribution in [0.4, 0.5) is 0 Å². The van der Waals surface area contributed by atoms with Crippen LogP contribution in [0.15, 0.2) is 6.20 Å². The summed E-state index contributed by atoms with van der Waals surface area (Å²) in [4.78, 5) is 0. The Balaban J connectivity index is 1.53. The maximum absolute atomic E-state index is 9.80. The topological polar surface area (TPSA) is 63.0 Å². The molecule has 2 N–H and O–H groups in total. The second kappa shape index (κ2) is 4.74. The number of aromatic nitrogens is 3. The number of hydrogen-bond donors (Lipinski definition) is 2. The summed E-state index contributed by atoms with van der Waals surface area (Å²) in [7, 11) is 0. The summed E-state index contributed by atoms with van der Waals surface area (Å²) < 4.78 is 1.84. The van der Waals surface area contributed by atoms with E-state index in [4.69, 9.17) is 0 Å². The number of rotatable bonds is 5. The van der Waals surface area contributed by atoms with Gasteiger partial charge in [0, 0.05) is 6.54 Å². The van der Waals surface area contributed by atoms with Gasteiger partial charge in [0.15, 0.2) is 0 Å². The standard InChI is InChI=1S/C12H20N4O/c17-12-3-1-2-11(12)16-8-10(14-15-16)7-13-6-9-4-5-9/h8-9,11-13,17H,1-7H2. The van der Waals surface area contributed by atoms with E-state index in [2.05, 4.69) is 15.6 Å². The molecular weight excluding hydrogens is 216 g/mol. The molecule has 0 saturated heterocycles. The predicted octanol–water partition coefficient (Wildman–Crippen LogP) is 0.864. The molecule has 1 aromatic heterocycles. The number of aliphatic hydroxyl groups excluding tert-OH is 1. The van der Waals surface area contributed by atoms with Gasteiger partial charge in [-0.25, -0.2) is 4.68 Å². The van der Waals surface area contributed by atoms with Crippen molar-refractivity contribution in [1.29, 1.82) is 0 Å². The molecule has 2 saturated carbocycles. The van der Waals surface area contributed by atoms with E-state index in [1.165, 1.54) is 12.8 Å². The lowest BCUT2D eigenvalue weighted by Gasteiger charge is -2.13. The number of nitrogens with one attached hydrogen (secondary N) is 1. The molecule has 2 aliphatic carbocycles. The highest BCUT2D eigenvalue weighted by molar-refractivity contribution is 4.95. The molecule has 3 rings (SSSR count). The number of hydrogen-bond acceptors (Lipinski definition) is 4. The van der Waals surface area contributed by atoms with Crippen LogP contribution in [-0.2, 0) is 6.54 Å². The molecule has 2 atom stereocenters. The van der Waals surface area contributed by atoms with E-state index in [1.807, 2.05) is 10.9 Å². The SMILES string of the molecule is OC1CCCC1n1cc(CNCC2CC2)nn1. The molecule has 2 aliphatic rings. The minimum Gasteiger partial charge on any atom is -0.391 e. The van der Waals surface area contributed by atoms with Crippen LogP contribution in [0.25, 0.3) is 0 Å². The van der Waals surface area contributed by atoms with Gasteiger partial charge in [-0.2, -0.15) is 0 Å². The minimum absolute atomic E-state index is 0.139. The molecule has 1 aromatic rings. The molecule has 0 bridgehead atoms. The first-order valence-electron chi connectivity index (χ1n) is 6.62. The van der Waals surface area contributed by atoms with Crippen molar-refractivity contribution in [2.45, 2.75) is 50.8 Å². The fourth-order valence-corrected chi connectivity index (χ4v) is 2.51. The van der Waals surface area contributed by atoms with Gasteiger partial charge in [0.25, 0.3) is 0 Å². The van der Waals surface area contributed by atoms with E-state index < -0.39 is 0 Å². The van der Waals surface area contributed by atoms with Crippen LogP contribution >= 0.6 is 0 Å². The molecule has 0 radical (unpaired) electrons. The first-order valence-corrected chi connectivity index (χ1v) is 6.62. The smallest absolute Gasteiger partial charge is 0.0964 e. The molecule has 17 heavy (non-hydrogen) atoms. The monoisotopic (exact) mass is 236 g/mol. The van der Waals surface area contributed by atoms with Crippen molar-refractivity contribution in [3.63, 3.8) is 0 Å². The van der Waals surface area contributed by atoms with Gasteiger partial charge in [-0.05, 0) is 44.6 Å². The van der Waals surface area contributed by atoms with Crippen molar-refractivity contribution >= 4 is 0 Å². The quantitative estimate of drug-likeness (QED) is 0.796. The maximum Gasteiger partial charge on any atom is 0.0964 e. The zero-order chi connectivity index (χ0) is 11.7. The third kappa shape index (κ3) is 2.66. The van der Waals surface area contributed by atoms with Crippen molar-refractivity contribution in [1.82, 2.24) is 20.3 Å². The van der Waals surface area contributed by atoms with Crippen molar-refractivity contribution < 1.29 is 5.11 Å². The van der Waals surface area contributed by atoms with E-state index in [1.54, 1.807) is 0 Å². The second-order valence-corrected chi connectivity index (χ2v) is 5.33. The normalized spacial score (nSPS) is 28.8. The fourth-order valence-electron chi connectivity index (χ4n) is 2.51. The molecule has 5 heteroatoms. The molecule has 0 aromatic carbocycles. The summed E-state index contributed by atoms with van der Waals surface area (Å²) in [5.41, 5.74) is 0.977. The summed E-state index contributed by atoms with van der Waals surface area (Å²) in [5, 5.41) is 21.5.